The lowest BCUT2D eigenvalue weighted by atomic mass is 9.98. The third kappa shape index (κ3) is 7.67. The second-order valence-electron chi connectivity index (χ2n) is 13.4. The number of ether oxygens (including phenoxy) is 1. The van der Waals surface area contributed by atoms with Gasteiger partial charge in [0.1, 0.15) is 18.0 Å². The van der Waals surface area contributed by atoms with Crippen LogP contribution >= 0.6 is 0 Å². The molecule has 274 valence electrons. The van der Waals surface area contributed by atoms with E-state index in [1.54, 1.807) is 52.3 Å². The minimum absolute atomic E-state index is 0.0786. The standard InChI is InChI=1S/C43H42N6O5/c1-3-24-47(43(53)44-26-31-18-22-36(54-2)23-19-31)48-29-40(50)49-38(25-30-16-20-35(21-17-30)45-41(51)33-11-5-4-6-12-33)42(52)46(28-39(48)49)27-34-14-9-13-32-10-7-8-15-37(32)34/h3-23,38-39H,1,24-29H2,2H3,(H,44,53)(H,45,51)/t38-,39+/m0/s1. The summed E-state index contributed by atoms with van der Waals surface area (Å²) in [6, 6.07) is 36.6. The van der Waals surface area contributed by atoms with Crippen molar-refractivity contribution in [3.63, 3.8) is 0 Å². The Hall–Kier alpha value is -6.46. The van der Waals surface area contributed by atoms with Crippen molar-refractivity contribution >= 4 is 40.2 Å². The van der Waals surface area contributed by atoms with E-state index < -0.39 is 12.2 Å². The number of urea groups is 1. The summed E-state index contributed by atoms with van der Waals surface area (Å²) in [7, 11) is 1.60. The first kappa shape index (κ1) is 35.9. The zero-order chi connectivity index (χ0) is 37.6. The smallest absolute Gasteiger partial charge is 0.332 e. The van der Waals surface area contributed by atoms with E-state index in [0.717, 1.165) is 27.5 Å². The summed E-state index contributed by atoms with van der Waals surface area (Å²) in [6.45, 7) is 4.77. The number of nitrogens with one attached hydrogen (secondary N) is 2. The Morgan fingerprint density at radius 1 is 0.870 bits per heavy atom. The van der Waals surface area contributed by atoms with Crippen molar-refractivity contribution in [2.75, 3.05) is 32.1 Å². The number of amides is 5. The molecule has 2 heterocycles. The molecule has 2 saturated heterocycles. The van der Waals surface area contributed by atoms with Crippen LogP contribution in [-0.4, -0.2) is 82.5 Å². The quantitative estimate of drug-likeness (QED) is 0.157. The van der Waals surface area contributed by atoms with E-state index in [1.165, 1.54) is 5.01 Å². The molecule has 11 heteroatoms. The molecule has 2 N–H and O–H groups in total. The molecule has 54 heavy (non-hydrogen) atoms. The number of piperazine rings is 1. The van der Waals surface area contributed by atoms with Gasteiger partial charge in [0.2, 0.25) is 11.8 Å². The fraction of sp³-hybridized carbons (Fsp3) is 0.209. The largest absolute Gasteiger partial charge is 0.497 e. The molecular formula is C43H42N6O5. The Morgan fingerprint density at radius 2 is 1.57 bits per heavy atom. The summed E-state index contributed by atoms with van der Waals surface area (Å²) in [5.41, 5.74) is 3.86. The van der Waals surface area contributed by atoms with Gasteiger partial charge in [-0.05, 0) is 63.9 Å². The maximum absolute atomic E-state index is 14.5. The van der Waals surface area contributed by atoms with Gasteiger partial charge in [0.15, 0.2) is 0 Å². The van der Waals surface area contributed by atoms with Crippen molar-refractivity contribution in [3.05, 3.63) is 156 Å². The Kier molecular flexibility index (Phi) is 10.7. The summed E-state index contributed by atoms with van der Waals surface area (Å²) >= 11 is 0. The summed E-state index contributed by atoms with van der Waals surface area (Å²) in [5, 5.41) is 11.3. The first-order valence-corrected chi connectivity index (χ1v) is 17.9. The highest BCUT2D eigenvalue weighted by molar-refractivity contribution is 6.04. The monoisotopic (exact) mass is 722 g/mol. The molecule has 11 nitrogen and oxygen atoms in total. The van der Waals surface area contributed by atoms with Gasteiger partial charge in [-0.3, -0.25) is 19.4 Å². The Balaban J connectivity index is 1.15. The van der Waals surface area contributed by atoms with E-state index in [2.05, 4.69) is 17.2 Å². The Bertz CT molecular complexity index is 2150. The molecule has 0 saturated carbocycles. The number of fused-ring (bicyclic) bond motifs is 2. The number of nitrogens with zero attached hydrogens (tertiary/aromatic N) is 4. The van der Waals surface area contributed by atoms with Crippen LogP contribution in [0.1, 0.15) is 27.0 Å². The van der Waals surface area contributed by atoms with Crippen LogP contribution in [0.4, 0.5) is 10.5 Å². The molecule has 2 aliphatic rings. The molecule has 0 bridgehead atoms. The number of hydrogen-bond donors (Lipinski definition) is 2. The molecule has 2 atom stereocenters. The van der Waals surface area contributed by atoms with Gasteiger partial charge in [0, 0.05) is 30.8 Å². The first-order chi connectivity index (χ1) is 26.3. The van der Waals surface area contributed by atoms with Crippen LogP contribution in [0.25, 0.3) is 10.8 Å². The predicted octanol–water partition coefficient (Wildman–Crippen LogP) is 5.84. The molecule has 0 aromatic heterocycles. The molecule has 2 fully saturated rings. The predicted molar refractivity (Wildman–Crippen MR) is 207 cm³/mol. The van der Waals surface area contributed by atoms with Gasteiger partial charge in [0.25, 0.3) is 5.91 Å². The lowest BCUT2D eigenvalue weighted by Gasteiger charge is -2.46. The highest BCUT2D eigenvalue weighted by Gasteiger charge is 2.52. The summed E-state index contributed by atoms with van der Waals surface area (Å²) in [6.07, 6.45) is 1.27. The molecule has 5 amide bonds. The highest BCUT2D eigenvalue weighted by Crippen LogP contribution is 2.31. The van der Waals surface area contributed by atoms with Crippen LogP contribution in [0, 0.1) is 0 Å². The van der Waals surface area contributed by atoms with Gasteiger partial charge in [0.05, 0.1) is 26.7 Å². The summed E-state index contributed by atoms with van der Waals surface area (Å²) in [4.78, 5) is 58.5. The van der Waals surface area contributed by atoms with Crippen molar-refractivity contribution in [2.45, 2.75) is 31.7 Å². The second kappa shape index (κ2) is 16.1. The van der Waals surface area contributed by atoms with Gasteiger partial charge in [-0.2, -0.15) is 5.01 Å². The van der Waals surface area contributed by atoms with Crippen LogP contribution in [0.2, 0.25) is 0 Å². The van der Waals surface area contributed by atoms with E-state index in [4.69, 9.17) is 4.74 Å². The van der Waals surface area contributed by atoms with Crippen LogP contribution in [0.5, 0.6) is 5.75 Å². The van der Waals surface area contributed by atoms with Crippen molar-refractivity contribution in [1.82, 2.24) is 25.1 Å². The van der Waals surface area contributed by atoms with E-state index in [1.807, 2.05) is 97.1 Å². The van der Waals surface area contributed by atoms with Gasteiger partial charge in [-0.15, -0.1) is 6.58 Å². The highest BCUT2D eigenvalue weighted by atomic mass is 16.5. The van der Waals surface area contributed by atoms with Crippen LogP contribution in [0.15, 0.2) is 134 Å². The molecule has 5 aromatic carbocycles. The third-order valence-corrected chi connectivity index (χ3v) is 9.93. The number of carbonyl (C=O) groups excluding carboxylic acids is 4. The third-order valence-electron chi connectivity index (χ3n) is 9.93. The number of anilines is 1. The molecular weight excluding hydrogens is 681 g/mol. The van der Waals surface area contributed by atoms with E-state index >= 15 is 0 Å². The first-order valence-electron chi connectivity index (χ1n) is 17.9. The van der Waals surface area contributed by atoms with Gasteiger partial charge >= 0.3 is 6.03 Å². The van der Waals surface area contributed by atoms with Crippen molar-refractivity contribution in [3.8, 4) is 5.75 Å². The average molecular weight is 723 g/mol. The zero-order valence-corrected chi connectivity index (χ0v) is 30.1. The van der Waals surface area contributed by atoms with Gasteiger partial charge in [-0.1, -0.05) is 91.0 Å². The van der Waals surface area contributed by atoms with E-state index in [-0.39, 0.29) is 56.4 Å². The zero-order valence-electron chi connectivity index (χ0n) is 30.1. The van der Waals surface area contributed by atoms with Gasteiger partial charge < -0.3 is 25.2 Å². The number of hydrogen-bond acceptors (Lipinski definition) is 6. The minimum Gasteiger partial charge on any atom is -0.497 e. The fourth-order valence-electron chi connectivity index (χ4n) is 7.21. The number of carbonyl (C=O) groups is 4. The maximum atomic E-state index is 14.5. The Labute approximate surface area is 314 Å². The Morgan fingerprint density at radius 3 is 2.31 bits per heavy atom. The summed E-state index contributed by atoms with van der Waals surface area (Å²) in [5.74, 6) is 0.0776. The van der Waals surface area contributed by atoms with Crippen LogP contribution in [-0.2, 0) is 29.1 Å². The van der Waals surface area contributed by atoms with Crippen molar-refractivity contribution < 1.29 is 23.9 Å². The van der Waals surface area contributed by atoms with Crippen molar-refractivity contribution in [2.24, 2.45) is 0 Å². The van der Waals surface area contributed by atoms with Gasteiger partial charge in [-0.25, -0.2) is 4.79 Å². The minimum atomic E-state index is -0.825. The topological polar surface area (TPSA) is 115 Å². The number of benzene rings is 5. The SMILES string of the molecule is C=CCN(C(=O)NCc1ccc(OC)cc1)N1CC(=O)N2[C@@H](Cc3ccc(NC(=O)c4ccccc4)cc3)C(=O)N(Cc3cccc4ccccc34)C[C@@H]21. The summed E-state index contributed by atoms with van der Waals surface area (Å²) < 4.78 is 5.25. The van der Waals surface area contributed by atoms with Crippen LogP contribution < -0.4 is 15.4 Å². The number of methoxy groups -OCH3 is 1. The number of rotatable bonds is 12. The molecule has 5 aromatic rings. The normalized spacial score (nSPS) is 16.9. The maximum Gasteiger partial charge on any atom is 0.332 e. The lowest BCUT2D eigenvalue weighted by Crippen LogP contribution is -2.66. The van der Waals surface area contributed by atoms with E-state index in [9.17, 15) is 19.2 Å². The molecule has 2 aliphatic heterocycles. The molecule has 0 aliphatic carbocycles. The average Bonchev–Trinajstić information content (AvgIpc) is 3.53. The second-order valence-corrected chi connectivity index (χ2v) is 13.4. The molecule has 0 radical (unpaired) electrons. The molecule has 0 unspecified atom stereocenters. The lowest BCUT2D eigenvalue weighted by molar-refractivity contribution is -0.157. The van der Waals surface area contributed by atoms with Crippen LogP contribution in [0.3, 0.4) is 0 Å². The number of hydrazine groups is 1. The van der Waals surface area contributed by atoms with Crippen molar-refractivity contribution in [1.29, 1.82) is 0 Å². The van der Waals surface area contributed by atoms with E-state index in [0.29, 0.717) is 23.5 Å². The molecule has 0 spiro atoms. The fourth-order valence-corrected chi connectivity index (χ4v) is 7.21. The molecule has 7 rings (SSSR count).